The predicted molar refractivity (Wildman–Crippen MR) is 81.3 cm³/mol. The van der Waals surface area contributed by atoms with E-state index in [0.717, 1.165) is 22.1 Å². The van der Waals surface area contributed by atoms with Gasteiger partial charge in [-0.3, -0.25) is 4.79 Å². The minimum absolute atomic E-state index is 0.328. The first-order valence-corrected chi connectivity index (χ1v) is 6.55. The summed E-state index contributed by atoms with van der Waals surface area (Å²) >= 11 is 0. The van der Waals surface area contributed by atoms with Gasteiger partial charge in [0.05, 0.1) is 7.11 Å². The lowest BCUT2D eigenvalue weighted by atomic mass is 9.96. The van der Waals surface area contributed by atoms with Crippen LogP contribution in [-0.2, 0) is 0 Å². The minimum atomic E-state index is -0.407. The van der Waals surface area contributed by atoms with Crippen molar-refractivity contribution in [1.82, 2.24) is 0 Å². The second-order valence-corrected chi connectivity index (χ2v) is 4.72. The monoisotopic (exact) mass is 280 g/mol. The summed E-state index contributed by atoms with van der Waals surface area (Å²) in [5.41, 5.74) is 1.58. The number of methoxy groups -OCH3 is 1. The zero-order chi connectivity index (χ0) is 14.8. The van der Waals surface area contributed by atoms with E-state index in [1.54, 1.807) is 19.2 Å². The van der Waals surface area contributed by atoms with E-state index < -0.39 is 5.82 Å². The summed E-state index contributed by atoms with van der Waals surface area (Å²) < 4.78 is 19.6. The topological polar surface area (TPSA) is 26.3 Å². The molecule has 3 rings (SSSR count). The normalized spacial score (nSPS) is 10.6. The van der Waals surface area contributed by atoms with Crippen LogP contribution in [0.3, 0.4) is 0 Å². The van der Waals surface area contributed by atoms with E-state index in [1.807, 2.05) is 36.4 Å². The number of carbonyl (C=O) groups excluding carboxylic acids is 1. The summed E-state index contributed by atoms with van der Waals surface area (Å²) in [6, 6.07) is 15.9. The number of hydrogen-bond acceptors (Lipinski definition) is 2. The highest BCUT2D eigenvalue weighted by atomic mass is 19.1. The molecule has 0 aliphatic rings. The van der Waals surface area contributed by atoms with E-state index in [0.29, 0.717) is 17.4 Å². The van der Waals surface area contributed by atoms with Crippen molar-refractivity contribution in [3.63, 3.8) is 0 Å². The smallest absolute Gasteiger partial charge is 0.150 e. The van der Waals surface area contributed by atoms with Crippen molar-refractivity contribution in [2.75, 3.05) is 7.11 Å². The Morgan fingerprint density at radius 1 is 0.952 bits per heavy atom. The number of benzene rings is 3. The summed E-state index contributed by atoms with van der Waals surface area (Å²) in [6.45, 7) is 0. The molecule has 0 heterocycles. The Morgan fingerprint density at radius 3 is 2.33 bits per heavy atom. The van der Waals surface area contributed by atoms with Crippen LogP contribution in [0.15, 0.2) is 54.6 Å². The number of carbonyl (C=O) groups is 1. The van der Waals surface area contributed by atoms with Crippen LogP contribution < -0.4 is 4.74 Å². The third kappa shape index (κ3) is 2.27. The Hall–Kier alpha value is -2.68. The van der Waals surface area contributed by atoms with Crippen LogP contribution >= 0.6 is 0 Å². The molecule has 3 heteroatoms. The molecule has 21 heavy (non-hydrogen) atoms. The fraction of sp³-hybridized carbons (Fsp3) is 0.0556. The first kappa shape index (κ1) is 13.3. The summed E-state index contributed by atoms with van der Waals surface area (Å²) in [5, 5.41) is 1.84. The van der Waals surface area contributed by atoms with E-state index in [4.69, 9.17) is 4.74 Å². The molecule has 0 bridgehead atoms. The Labute approximate surface area is 121 Å². The van der Waals surface area contributed by atoms with Gasteiger partial charge in [0.15, 0.2) is 0 Å². The van der Waals surface area contributed by atoms with E-state index in [-0.39, 0.29) is 0 Å². The number of ether oxygens (including phenoxy) is 1. The molecule has 0 radical (unpaired) electrons. The number of aldehydes is 1. The van der Waals surface area contributed by atoms with Crippen LogP contribution in [0.5, 0.6) is 5.75 Å². The average Bonchev–Trinajstić information content (AvgIpc) is 2.54. The molecular formula is C18H13FO2. The van der Waals surface area contributed by atoms with E-state index >= 15 is 0 Å². The summed E-state index contributed by atoms with van der Waals surface area (Å²) in [6.07, 6.45) is 0.638. The molecule has 0 atom stereocenters. The van der Waals surface area contributed by atoms with Crippen LogP contribution in [0.1, 0.15) is 10.4 Å². The van der Waals surface area contributed by atoms with Crippen molar-refractivity contribution in [3.05, 3.63) is 66.0 Å². The van der Waals surface area contributed by atoms with Gasteiger partial charge in [-0.05, 0) is 29.1 Å². The van der Waals surface area contributed by atoms with Crippen LogP contribution in [0.4, 0.5) is 4.39 Å². The fourth-order valence-electron chi connectivity index (χ4n) is 2.51. The fourth-order valence-corrected chi connectivity index (χ4v) is 2.51. The minimum Gasteiger partial charge on any atom is -0.496 e. The lowest BCUT2D eigenvalue weighted by Crippen LogP contribution is -1.91. The van der Waals surface area contributed by atoms with Gasteiger partial charge in [-0.2, -0.15) is 0 Å². The highest BCUT2D eigenvalue weighted by Crippen LogP contribution is 2.35. The standard InChI is InChI=1S/C18H13FO2/c1-21-18-9-8-14(13-4-2-3-5-16(13)18)15-7-6-12(11-20)10-17(15)19/h2-11H,1H3. The van der Waals surface area contributed by atoms with Gasteiger partial charge in [0.1, 0.15) is 17.9 Å². The molecule has 0 aromatic heterocycles. The van der Waals surface area contributed by atoms with E-state index in [2.05, 4.69) is 0 Å². The summed E-state index contributed by atoms with van der Waals surface area (Å²) in [7, 11) is 1.61. The quantitative estimate of drug-likeness (QED) is 0.662. The van der Waals surface area contributed by atoms with Gasteiger partial charge < -0.3 is 4.74 Å². The molecule has 0 spiro atoms. The van der Waals surface area contributed by atoms with E-state index in [9.17, 15) is 9.18 Å². The molecule has 0 amide bonds. The third-order valence-electron chi connectivity index (χ3n) is 3.52. The molecule has 0 saturated carbocycles. The molecule has 0 unspecified atom stereocenters. The molecular weight excluding hydrogens is 267 g/mol. The molecule has 0 fully saturated rings. The highest BCUT2D eigenvalue weighted by Gasteiger charge is 2.11. The largest absolute Gasteiger partial charge is 0.496 e. The SMILES string of the molecule is COc1ccc(-c2ccc(C=O)cc2F)c2ccccc12. The number of halogens is 1. The molecule has 0 aliphatic carbocycles. The first-order chi connectivity index (χ1) is 10.2. The van der Waals surface area contributed by atoms with Crippen molar-refractivity contribution in [2.45, 2.75) is 0 Å². The van der Waals surface area contributed by atoms with Gasteiger partial charge >= 0.3 is 0 Å². The summed E-state index contributed by atoms with van der Waals surface area (Å²) in [5.74, 6) is 0.342. The predicted octanol–water partition coefficient (Wildman–Crippen LogP) is 4.47. The lowest BCUT2D eigenvalue weighted by Gasteiger charge is -2.11. The first-order valence-electron chi connectivity index (χ1n) is 6.55. The average molecular weight is 280 g/mol. The molecule has 0 N–H and O–H groups in total. The van der Waals surface area contributed by atoms with Gasteiger partial charge in [0.2, 0.25) is 0 Å². The van der Waals surface area contributed by atoms with Gasteiger partial charge in [0.25, 0.3) is 0 Å². The number of hydrogen-bond donors (Lipinski definition) is 0. The van der Waals surface area contributed by atoms with Gasteiger partial charge in [0, 0.05) is 16.5 Å². The molecule has 2 nitrogen and oxygen atoms in total. The highest BCUT2D eigenvalue weighted by molar-refractivity contribution is 6.00. The van der Waals surface area contributed by atoms with Gasteiger partial charge in [-0.25, -0.2) is 4.39 Å². The van der Waals surface area contributed by atoms with Crippen molar-refractivity contribution in [1.29, 1.82) is 0 Å². The van der Waals surface area contributed by atoms with E-state index in [1.165, 1.54) is 6.07 Å². The van der Waals surface area contributed by atoms with Crippen LogP contribution in [-0.4, -0.2) is 13.4 Å². The molecule has 0 saturated heterocycles. The van der Waals surface area contributed by atoms with Crippen LogP contribution in [0.25, 0.3) is 21.9 Å². The van der Waals surface area contributed by atoms with Crippen molar-refractivity contribution >= 4 is 17.1 Å². The maximum absolute atomic E-state index is 14.2. The van der Waals surface area contributed by atoms with Crippen molar-refractivity contribution in [3.8, 4) is 16.9 Å². The second-order valence-electron chi connectivity index (χ2n) is 4.72. The Bertz CT molecular complexity index is 825. The third-order valence-corrected chi connectivity index (χ3v) is 3.52. The van der Waals surface area contributed by atoms with Crippen molar-refractivity contribution in [2.24, 2.45) is 0 Å². The summed E-state index contributed by atoms with van der Waals surface area (Å²) in [4.78, 5) is 10.7. The number of rotatable bonds is 3. The van der Waals surface area contributed by atoms with Crippen molar-refractivity contribution < 1.29 is 13.9 Å². The zero-order valence-electron chi connectivity index (χ0n) is 11.5. The molecule has 0 aliphatic heterocycles. The maximum atomic E-state index is 14.2. The zero-order valence-corrected chi connectivity index (χ0v) is 11.5. The molecule has 104 valence electrons. The van der Waals surface area contributed by atoms with Crippen LogP contribution in [0.2, 0.25) is 0 Å². The Balaban J connectivity index is 2.28. The lowest BCUT2D eigenvalue weighted by molar-refractivity contribution is 0.112. The maximum Gasteiger partial charge on any atom is 0.150 e. The Kier molecular flexibility index (Phi) is 3.40. The molecule has 3 aromatic carbocycles. The number of fused-ring (bicyclic) bond motifs is 1. The second kappa shape index (κ2) is 5.37. The van der Waals surface area contributed by atoms with Crippen LogP contribution in [0, 0.1) is 5.82 Å². The Morgan fingerprint density at radius 2 is 1.67 bits per heavy atom. The van der Waals surface area contributed by atoms with Gasteiger partial charge in [-0.15, -0.1) is 0 Å². The molecule has 3 aromatic rings. The van der Waals surface area contributed by atoms with Gasteiger partial charge in [-0.1, -0.05) is 36.4 Å².